The van der Waals surface area contributed by atoms with Crippen LogP contribution in [0.5, 0.6) is 5.75 Å². The van der Waals surface area contributed by atoms with E-state index in [1.54, 1.807) is 30.8 Å². The third-order valence-electron chi connectivity index (χ3n) is 5.51. The summed E-state index contributed by atoms with van der Waals surface area (Å²) in [4.78, 5) is 31.7. The summed E-state index contributed by atoms with van der Waals surface area (Å²) in [5, 5.41) is 15.2. The van der Waals surface area contributed by atoms with Crippen LogP contribution in [0.2, 0.25) is 0 Å². The number of hydrogen-bond donors (Lipinski definition) is 1. The number of carbonyl (C=O) groups is 2. The first-order valence-electron chi connectivity index (χ1n) is 9.92. The van der Waals surface area contributed by atoms with Gasteiger partial charge in [-0.25, -0.2) is 4.98 Å². The quantitative estimate of drug-likeness (QED) is 0.275. The van der Waals surface area contributed by atoms with Gasteiger partial charge < -0.3 is 9.84 Å². The van der Waals surface area contributed by atoms with Gasteiger partial charge >= 0.3 is 5.91 Å². The highest BCUT2D eigenvalue weighted by molar-refractivity contribution is 7.14. The zero-order chi connectivity index (χ0) is 22.2. The molecule has 1 aliphatic rings. The molecule has 0 radical (unpaired) electrons. The van der Waals surface area contributed by atoms with Gasteiger partial charge in [0.15, 0.2) is 5.13 Å². The number of ketones is 1. The molecule has 1 fully saturated rings. The van der Waals surface area contributed by atoms with Gasteiger partial charge in [0, 0.05) is 17.1 Å². The summed E-state index contributed by atoms with van der Waals surface area (Å²) in [5.74, 6) is -0.927. The van der Waals surface area contributed by atoms with Gasteiger partial charge in [-0.05, 0) is 34.5 Å². The van der Waals surface area contributed by atoms with E-state index in [0.717, 1.165) is 16.5 Å². The van der Waals surface area contributed by atoms with Gasteiger partial charge in [0.1, 0.15) is 11.5 Å². The van der Waals surface area contributed by atoms with Crippen LogP contribution in [0.4, 0.5) is 5.13 Å². The van der Waals surface area contributed by atoms with Crippen molar-refractivity contribution >= 4 is 44.7 Å². The molecule has 1 aromatic heterocycles. The first-order chi connectivity index (χ1) is 15.6. The molecule has 7 heteroatoms. The third-order valence-corrected chi connectivity index (χ3v) is 6.28. The Balaban J connectivity index is 1.69. The van der Waals surface area contributed by atoms with Crippen molar-refractivity contribution in [2.24, 2.45) is 0 Å². The number of thiazole rings is 1. The van der Waals surface area contributed by atoms with Crippen LogP contribution >= 0.6 is 11.3 Å². The second-order valence-corrected chi connectivity index (χ2v) is 8.20. The Labute approximate surface area is 188 Å². The van der Waals surface area contributed by atoms with Gasteiger partial charge in [-0.15, -0.1) is 11.3 Å². The zero-order valence-electron chi connectivity index (χ0n) is 17.1. The second kappa shape index (κ2) is 7.94. The van der Waals surface area contributed by atoms with E-state index in [2.05, 4.69) is 4.98 Å². The van der Waals surface area contributed by atoms with Crippen molar-refractivity contribution in [3.63, 3.8) is 0 Å². The number of amides is 1. The summed E-state index contributed by atoms with van der Waals surface area (Å²) in [7, 11) is 1.60. The molecule has 1 N–H and O–H groups in total. The minimum atomic E-state index is -0.770. The van der Waals surface area contributed by atoms with Crippen molar-refractivity contribution in [1.82, 2.24) is 4.98 Å². The lowest BCUT2D eigenvalue weighted by atomic mass is 9.94. The molecular weight excluding hydrogens is 424 g/mol. The molecule has 0 spiro atoms. The Hall–Kier alpha value is -3.97. The number of ether oxygens (including phenoxy) is 1. The van der Waals surface area contributed by atoms with E-state index < -0.39 is 17.7 Å². The number of anilines is 1. The van der Waals surface area contributed by atoms with E-state index in [0.29, 0.717) is 16.3 Å². The number of rotatable bonds is 4. The summed E-state index contributed by atoms with van der Waals surface area (Å²) < 4.78 is 5.27. The fourth-order valence-electron chi connectivity index (χ4n) is 3.97. The van der Waals surface area contributed by atoms with Crippen molar-refractivity contribution in [2.75, 3.05) is 12.0 Å². The third kappa shape index (κ3) is 3.23. The van der Waals surface area contributed by atoms with Crippen molar-refractivity contribution in [1.29, 1.82) is 0 Å². The van der Waals surface area contributed by atoms with Gasteiger partial charge in [0.25, 0.3) is 5.78 Å². The Morgan fingerprint density at radius 3 is 2.50 bits per heavy atom. The maximum Gasteiger partial charge on any atom is 0.301 e. The predicted octanol–water partition coefficient (Wildman–Crippen LogP) is 4.93. The second-order valence-electron chi connectivity index (χ2n) is 7.32. The molecule has 4 aromatic rings. The molecule has 32 heavy (non-hydrogen) atoms. The molecule has 3 aromatic carbocycles. The average Bonchev–Trinajstić information content (AvgIpc) is 3.45. The van der Waals surface area contributed by atoms with Crippen molar-refractivity contribution < 1.29 is 19.4 Å². The summed E-state index contributed by atoms with van der Waals surface area (Å²) >= 11 is 1.26. The summed E-state index contributed by atoms with van der Waals surface area (Å²) in [6.45, 7) is 0. The highest BCUT2D eigenvalue weighted by atomic mass is 32.1. The summed E-state index contributed by atoms with van der Waals surface area (Å²) in [6.07, 6.45) is 1.58. The van der Waals surface area contributed by atoms with E-state index in [4.69, 9.17) is 4.74 Å². The molecule has 0 saturated carbocycles. The van der Waals surface area contributed by atoms with Gasteiger partial charge in [0.05, 0.1) is 18.7 Å². The summed E-state index contributed by atoms with van der Waals surface area (Å²) in [6, 6.07) is 19.4. The molecule has 1 aliphatic heterocycles. The molecule has 1 atom stereocenters. The SMILES string of the molecule is COc1ccc2cc(/C(O)=C3\C(=O)C(=O)N(c4nccs4)C3c3ccccc3)ccc2c1. The van der Waals surface area contributed by atoms with Crippen LogP contribution in [0.3, 0.4) is 0 Å². The number of benzene rings is 3. The van der Waals surface area contributed by atoms with Crippen LogP contribution in [0.15, 0.2) is 83.9 Å². The number of nitrogens with zero attached hydrogens (tertiary/aromatic N) is 2. The number of methoxy groups -OCH3 is 1. The van der Waals surface area contributed by atoms with Crippen LogP contribution in [-0.4, -0.2) is 28.9 Å². The molecule has 5 rings (SSSR count). The van der Waals surface area contributed by atoms with Crippen molar-refractivity contribution in [3.8, 4) is 5.75 Å². The molecule has 1 amide bonds. The number of aliphatic hydroxyl groups is 1. The molecule has 1 saturated heterocycles. The number of carbonyl (C=O) groups excluding carboxylic acids is 2. The smallest absolute Gasteiger partial charge is 0.301 e. The normalized spacial score (nSPS) is 17.8. The standard InChI is InChI=1S/C25H18N2O4S/c1-31-19-10-9-16-13-18(8-7-17(16)14-19)22(28)20-21(15-5-3-2-4-6-15)27(24(30)23(20)29)25-26-11-12-32-25/h2-14,21,28H,1H3/b22-20+. The minimum absolute atomic E-state index is 0.0456. The molecular formula is C25H18N2O4S. The van der Waals surface area contributed by atoms with Crippen LogP contribution in [-0.2, 0) is 9.59 Å². The molecule has 6 nitrogen and oxygen atoms in total. The Kier molecular flexibility index (Phi) is 4.95. The number of Topliss-reactive ketones (excluding diaryl/α,β-unsaturated/α-hetero) is 1. The van der Waals surface area contributed by atoms with Gasteiger partial charge in [-0.1, -0.05) is 48.5 Å². The number of aromatic nitrogens is 1. The molecule has 1 unspecified atom stereocenters. The topological polar surface area (TPSA) is 79.7 Å². The van der Waals surface area contributed by atoms with E-state index in [-0.39, 0.29) is 11.3 Å². The van der Waals surface area contributed by atoms with E-state index in [1.165, 1.54) is 16.2 Å². The predicted molar refractivity (Wildman–Crippen MR) is 124 cm³/mol. The first-order valence-corrected chi connectivity index (χ1v) is 10.8. The highest BCUT2D eigenvalue weighted by Crippen LogP contribution is 2.42. The van der Waals surface area contributed by atoms with Crippen LogP contribution in [0.25, 0.3) is 16.5 Å². The lowest BCUT2D eigenvalue weighted by molar-refractivity contribution is -0.132. The number of aliphatic hydroxyl groups excluding tert-OH is 1. The van der Waals surface area contributed by atoms with Gasteiger partial charge in [-0.2, -0.15) is 0 Å². The Morgan fingerprint density at radius 2 is 1.78 bits per heavy atom. The lowest BCUT2D eigenvalue weighted by Crippen LogP contribution is -2.29. The average molecular weight is 442 g/mol. The largest absolute Gasteiger partial charge is 0.507 e. The fourth-order valence-corrected chi connectivity index (χ4v) is 4.64. The van der Waals surface area contributed by atoms with Crippen LogP contribution in [0.1, 0.15) is 17.2 Å². The molecule has 158 valence electrons. The Morgan fingerprint density at radius 1 is 1.03 bits per heavy atom. The molecule has 0 aliphatic carbocycles. The van der Waals surface area contributed by atoms with E-state index >= 15 is 0 Å². The number of fused-ring (bicyclic) bond motifs is 1. The maximum atomic E-state index is 13.1. The highest BCUT2D eigenvalue weighted by Gasteiger charge is 2.47. The maximum absolute atomic E-state index is 13.1. The minimum Gasteiger partial charge on any atom is -0.507 e. The van der Waals surface area contributed by atoms with Crippen molar-refractivity contribution in [2.45, 2.75) is 6.04 Å². The fraction of sp³-hybridized carbons (Fsp3) is 0.0800. The lowest BCUT2D eigenvalue weighted by Gasteiger charge is -2.22. The molecule has 0 bridgehead atoms. The zero-order valence-corrected chi connectivity index (χ0v) is 17.9. The van der Waals surface area contributed by atoms with Gasteiger partial charge in [-0.3, -0.25) is 14.5 Å². The monoisotopic (exact) mass is 442 g/mol. The van der Waals surface area contributed by atoms with E-state index in [1.807, 2.05) is 54.6 Å². The Bertz CT molecular complexity index is 1360. The first kappa shape index (κ1) is 20.0. The van der Waals surface area contributed by atoms with Crippen LogP contribution < -0.4 is 9.64 Å². The van der Waals surface area contributed by atoms with Gasteiger partial charge in [0.2, 0.25) is 0 Å². The summed E-state index contributed by atoms with van der Waals surface area (Å²) in [5.41, 5.74) is 1.22. The molecule has 2 heterocycles. The number of hydrogen-bond acceptors (Lipinski definition) is 6. The van der Waals surface area contributed by atoms with Crippen molar-refractivity contribution in [3.05, 3.63) is 95.0 Å². The van der Waals surface area contributed by atoms with E-state index in [9.17, 15) is 14.7 Å². The van der Waals surface area contributed by atoms with Crippen LogP contribution in [0, 0.1) is 0 Å².